The van der Waals surface area contributed by atoms with Gasteiger partial charge in [-0.2, -0.15) is 0 Å². The van der Waals surface area contributed by atoms with Gasteiger partial charge in [0.1, 0.15) is 11.5 Å². The molecule has 1 heterocycles. The minimum Gasteiger partial charge on any atom is -0.457 e. The Hall–Kier alpha value is -2.64. The highest BCUT2D eigenvalue weighted by molar-refractivity contribution is 5.97. The summed E-state index contributed by atoms with van der Waals surface area (Å²) in [4.78, 5) is 25.6. The summed E-state index contributed by atoms with van der Waals surface area (Å²) in [6.45, 7) is 5.25. The van der Waals surface area contributed by atoms with Gasteiger partial charge in [-0.3, -0.25) is 14.9 Å². The number of para-hydroxylation sites is 1. The highest BCUT2D eigenvalue weighted by Crippen LogP contribution is 2.30. The molecule has 0 spiro atoms. The molecule has 8 heteroatoms. The topological polar surface area (TPSA) is 84.7 Å². The molecule has 1 saturated heterocycles. The summed E-state index contributed by atoms with van der Waals surface area (Å²) in [7, 11) is 0. The van der Waals surface area contributed by atoms with Crippen molar-refractivity contribution in [3.63, 3.8) is 0 Å². The maximum Gasteiger partial charge on any atom is 0.270 e. The van der Waals surface area contributed by atoms with Crippen molar-refractivity contribution in [1.82, 2.24) is 10.2 Å². The Morgan fingerprint density at radius 1 is 1.21 bits per heavy atom. The lowest BCUT2D eigenvalue weighted by Gasteiger charge is -2.32. The van der Waals surface area contributed by atoms with Crippen LogP contribution in [0.2, 0.25) is 0 Å². The molecule has 156 valence electrons. The number of hydrogen-bond acceptors (Lipinski definition) is 5. The molecule has 29 heavy (non-hydrogen) atoms. The molecule has 2 aromatic rings. The highest BCUT2D eigenvalue weighted by atomic mass is 35.5. The van der Waals surface area contributed by atoms with Crippen LogP contribution in [0.4, 0.5) is 5.69 Å². The van der Waals surface area contributed by atoms with Crippen molar-refractivity contribution >= 4 is 24.0 Å². The number of hydrogen-bond donors (Lipinski definition) is 1. The summed E-state index contributed by atoms with van der Waals surface area (Å²) in [5.74, 6) is 1.23. The summed E-state index contributed by atoms with van der Waals surface area (Å²) >= 11 is 0. The molecule has 0 radical (unpaired) electrons. The second-order valence-electron chi connectivity index (χ2n) is 6.90. The van der Waals surface area contributed by atoms with E-state index in [4.69, 9.17) is 4.74 Å². The van der Waals surface area contributed by atoms with Crippen molar-refractivity contribution in [2.45, 2.75) is 19.8 Å². The van der Waals surface area contributed by atoms with Crippen LogP contribution in [0, 0.1) is 16.0 Å². The molecule has 1 N–H and O–H groups in total. The number of benzene rings is 2. The maximum absolute atomic E-state index is 13.1. The molecular weight excluding hydrogens is 394 g/mol. The van der Waals surface area contributed by atoms with Crippen molar-refractivity contribution in [2.24, 2.45) is 5.92 Å². The molecule has 0 unspecified atom stereocenters. The van der Waals surface area contributed by atoms with Gasteiger partial charge in [0.15, 0.2) is 0 Å². The van der Waals surface area contributed by atoms with Crippen molar-refractivity contribution < 1.29 is 14.5 Å². The number of non-ortho nitro benzene ring substituents is 1. The Kier molecular flexibility index (Phi) is 8.42. The van der Waals surface area contributed by atoms with Crippen LogP contribution in [-0.4, -0.2) is 41.9 Å². The smallest absolute Gasteiger partial charge is 0.270 e. The predicted octanol–water partition coefficient (Wildman–Crippen LogP) is 4.27. The number of piperidine rings is 1. The van der Waals surface area contributed by atoms with Crippen molar-refractivity contribution in [3.8, 4) is 11.5 Å². The molecule has 1 fully saturated rings. The van der Waals surface area contributed by atoms with Gasteiger partial charge in [-0.05, 0) is 50.0 Å². The number of amides is 1. The number of nitrogens with zero attached hydrogens (tertiary/aromatic N) is 2. The number of rotatable bonds is 7. The van der Waals surface area contributed by atoms with E-state index in [-0.39, 0.29) is 29.6 Å². The molecule has 0 bridgehead atoms. The largest absolute Gasteiger partial charge is 0.457 e. The minimum atomic E-state index is -0.494. The number of likely N-dealkylation sites (tertiary alicyclic amines) is 1. The third-order valence-corrected chi connectivity index (χ3v) is 4.96. The SMILES string of the molecule is CCNCC1CCN(C(=O)c2cc([N+](=O)[O-])ccc2Oc2ccccc2)CC1.Cl. The third-order valence-electron chi connectivity index (χ3n) is 4.96. The molecule has 1 amide bonds. The van der Waals surface area contributed by atoms with Crippen LogP contribution in [0.25, 0.3) is 0 Å². The maximum atomic E-state index is 13.1. The Balaban J connectivity index is 0.00000300. The zero-order valence-corrected chi connectivity index (χ0v) is 17.2. The van der Waals surface area contributed by atoms with Crippen LogP contribution >= 0.6 is 12.4 Å². The van der Waals surface area contributed by atoms with E-state index in [0.717, 1.165) is 25.9 Å². The van der Waals surface area contributed by atoms with E-state index in [2.05, 4.69) is 12.2 Å². The number of ether oxygens (including phenoxy) is 1. The van der Waals surface area contributed by atoms with Crippen LogP contribution in [0.15, 0.2) is 48.5 Å². The fourth-order valence-electron chi connectivity index (χ4n) is 3.36. The zero-order valence-electron chi connectivity index (χ0n) is 16.4. The first-order chi connectivity index (χ1) is 13.6. The van der Waals surface area contributed by atoms with Crippen molar-refractivity contribution in [1.29, 1.82) is 0 Å². The average Bonchev–Trinajstić information content (AvgIpc) is 2.73. The quantitative estimate of drug-likeness (QED) is 0.535. The molecule has 0 aliphatic carbocycles. The van der Waals surface area contributed by atoms with Gasteiger partial charge in [0.2, 0.25) is 0 Å². The first kappa shape index (κ1) is 22.6. The lowest BCUT2D eigenvalue weighted by atomic mass is 9.96. The van der Waals surface area contributed by atoms with E-state index in [9.17, 15) is 14.9 Å². The highest BCUT2D eigenvalue weighted by Gasteiger charge is 2.27. The molecule has 3 rings (SSSR count). The summed E-state index contributed by atoms with van der Waals surface area (Å²) < 4.78 is 5.85. The molecule has 0 saturated carbocycles. The summed E-state index contributed by atoms with van der Waals surface area (Å²) in [6, 6.07) is 13.3. The van der Waals surface area contributed by atoms with Crippen molar-refractivity contribution in [2.75, 3.05) is 26.2 Å². The normalized spacial score (nSPS) is 14.2. The second-order valence-corrected chi connectivity index (χ2v) is 6.90. The van der Waals surface area contributed by atoms with Crippen LogP contribution in [0.3, 0.4) is 0 Å². The molecule has 1 aliphatic heterocycles. The van der Waals surface area contributed by atoms with Gasteiger partial charge < -0.3 is 15.0 Å². The molecule has 7 nitrogen and oxygen atoms in total. The molecule has 1 aliphatic rings. The van der Waals surface area contributed by atoms with E-state index in [1.165, 1.54) is 18.2 Å². The van der Waals surface area contributed by atoms with Crippen LogP contribution < -0.4 is 10.1 Å². The van der Waals surface area contributed by atoms with Gasteiger partial charge >= 0.3 is 0 Å². The van der Waals surface area contributed by atoms with Gasteiger partial charge in [-0.1, -0.05) is 25.1 Å². The second kappa shape index (κ2) is 10.8. The van der Waals surface area contributed by atoms with E-state index >= 15 is 0 Å². The van der Waals surface area contributed by atoms with E-state index in [1.54, 1.807) is 17.0 Å². The lowest BCUT2D eigenvalue weighted by molar-refractivity contribution is -0.384. The first-order valence-corrected chi connectivity index (χ1v) is 9.59. The molecular formula is C21H26ClN3O4. The lowest BCUT2D eigenvalue weighted by Crippen LogP contribution is -2.40. The average molecular weight is 420 g/mol. The van der Waals surface area contributed by atoms with Gasteiger partial charge in [0.25, 0.3) is 11.6 Å². The van der Waals surface area contributed by atoms with Gasteiger partial charge in [0.05, 0.1) is 10.5 Å². The third kappa shape index (κ3) is 5.92. The fraction of sp³-hybridized carbons (Fsp3) is 0.381. The molecule has 0 aromatic heterocycles. The number of carbonyl (C=O) groups excluding carboxylic acids is 1. The van der Waals surface area contributed by atoms with Crippen LogP contribution in [0.1, 0.15) is 30.1 Å². The van der Waals surface area contributed by atoms with Gasteiger partial charge in [-0.25, -0.2) is 0 Å². The predicted molar refractivity (Wildman–Crippen MR) is 114 cm³/mol. The fourth-order valence-corrected chi connectivity index (χ4v) is 3.36. The Labute approximate surface area is 176 Å². The van der Waals surface area contributed by atoms with Gasteiger partial charge in [-0.15, -0.1) is 12.4 Å². The Bertz CT molecular complexity index is 824. The number of nitro benzene ring substituents is 1. The van der Waals surface area contributed by atoms with E-state index in [0.29, 0.717) is 30.5 Å². The zero-order chi connectivity index (χ0) is 19.9. The molecule has 2 aromatic carbocycles. The number of nitro groups is 1. The number of nitrogens with one attached hydrogen (secondary N) is 1. The number of carbonyl (C=O) groups is 1. The van der Waals surface area contributed by atoms with E-state index < -0.39 is 4.92 Å². The standard InChI is InChI=1S/C21H25N3O4.ClH/c1-2-22-15-16-10-12-23(13-11-16)21(25)19-14-17(24(26)27)8-9-20(19)28-18-6-4-3-5-7-18;/h3-9,14,16,22H,2,10-13,15H2,1H3;1H. The van der Waals surface area contributed by atoms with Crippen LogP contribution in [-0.2, 0) is 0 Å². The monoisotopic (exact) mass is 419 g/mol. The summed E-state index contributed by atoms with van der Waals surface area (Å²) in [5, 5.41) is 14.5. The first-order valence-electron chi connectivity index (χ1n) is 9.59. The summed E-state index contributed by atoms with van der Waals surface area (Å²) in [5.41, 5.74) is 0.106. The number of halogens is 1. The Morgan fingerprint density at radius 2 is 1.90 bits per heavy atom. The van der Waals surface area contributed by atoms with Crippen molar-refractivity contribution in [3.05, 3.63) is 64.2 Å². The van der Waals surface area contributed by atoms with Gasteiger partial charge in [0, 0.05) is 25.2 Å². The summed E-state index contributed by atoms with van der Waals surface area (Å²) in [6.07, 6.45) is 1.84. The molecule has 0 atom stereocenters. The van der Waals surface area contributed by atoms with E-state index in [1.807, 2.05) is 18.2 Å². The Morgan fingerprint density at radius 3 is 2.52 bits per heavy atom. The minimum absolute atomic E-state index is 0. The van der Waals surface area contributed by atoms with Crippen LogP contribution in [0.5, 0.6) is 11.5 Å².